The van der Waals surface area contributed by atoms with E-state index >= 15 is 0 Å². The molecular formula is C102H186N20O5. The lowest BCUT2D eigenvalue weighted by molar-refractivity contribution is 0.302. The molecule has 0 radical (unpaired) electrons. The van der Waals surface area contributed by atoms with Crippen molar-refractivity contribution in [3.8, 4) is 0 Å². The predicted molar refractivity (Wildman–Crippen MR) is 540 cm³/mol. The van der Waals surface area contributed by atoms with Gasteiger partial charge >= 0.3 is 0 Å². The third-order valence-corrected chi connectivity index (χ3v) is 13.8. The van der Waals surface area contributed by atoms with E-state index in [0.717, 1.165) is 45.7 Å². The molecule has 0 aliphatic heterocycles. The Hall–Kier alpha value is -10.5. The molecule has 724 valence electrons. The molecule has 0 N–H and O–H groups in total. The van der Waals surface area contributed by atoms with E-state index in [-0.39, 0.29) is 0 Å². The summed E-state index contributed by atoms with van der Waals surface area (Å²) in [6.07, 6.45) is 33.5. The minimum absolute atomic E-state index is 0.369. The van der Waals surface area contributed by atoms with Gasteiger partial charge in [0.2, 0.25) is 6.39 Å². The van der Waals surface area contributed by atoms with Crippen molar-refractivity contribution in [3.63, 3.8) is 0 Å². The fourth-order valence-corrected chi connectivity index (χ4v) is 6.94. The number of hydrogen-bond donors (Lipinski definition) is 0. The molecule has 12 aromatic rings. The summed E-state index contributed by atoms with van der Waals surface area (Å²) in [5, 5.41) is 32.5. The number of hydrogen-bond acceptors (Lipinski definition) is 25. The van der Waals surface area contributed by atoms with Crippen molar-refractivity contribution in [2.45, 2.75) is 403 Å². The summed E-state index contributed by atoms with van der Waals surface area (Å²) >= 11 is 0. The van der Waals surface area contributed by atoms with Gasteiger partial charge in [-0.05, 0) is 93.9 Å². The third kappa shape index (κ3) is 90.1. The Balaban J connectivity index is -0.000000111. The molecule has 0 spiro atoms. The van der Waals surface area contributed by atoms with Crippen molar-refractivity contribution < 1.29 is 22.7 Å². The summed E-state index contributed by atoms with van der Waals surface area (Å²) in [7, 11) is 0. The highest BCUT2D eigenvalue weighted by Gasteiger charge is 2.06. The van der Waals surface area contributed by atoms with Gasteiger partial charge in [0.05, 0.1) is 30.0 Å². The average molecular weight is 1770 g/mol. The maximum Gasteiger partial charge on any atom is 0.213 e. The molecule has 25 nitrogen and oxygen atoms in total. The van der Waals surface area contributed by atoms with Crippen LogP contribution in [0, 0.1) is 0 Å². The van der Waals surface area contributed by atoms with E-state index in [1.54, 1.807) is 81.0 Å². The monoisotopic (exact) mass is 1770 g/mol. The molecule has 11 heterocycles. The van der Waals surface area contributed by atoms with Crippen molar-refractivity contribution >= 4 is 0 Å². The highest BCUT2D eigenvalue weighted by atomic mass is 16.6. The fourth-order valence-electron chi connectivity index (χ4n) is 6.94. The largest absolute Gasteiger partial charge is 0.365 e. The van der Waals surface area contributed by atoms with E-state index in [1.807, 2.05) is 269 Å². The quantitative estimate of drug-likeness (QED) is 0.110. The van der Waals surface area contributed by atoms with Crippen LogP contribution in [-0.4, -0.2) is 101 Å². The van der Waals surface area contributed by atoms with Gasteiger partial charge in [-0.15, -0.1) is 5.10 Å². The van der Waals surface area contributed by atoms with Gasteiger partial charge in [0.15, 0.2) is 5.82 Å². The second kappa shape index (κ2) is 112. The Labute approximate surface area is 776 Å². The van der Waals surface area contributed by atoms with Gasteiger partial charge in [0.1, 0.15) is 61.3 Å². The predicted octanol–water partition coefficient (Wildman–Crippen LogP) is 31.9. The molecule has 127 heavy (non-hydrogen) atoms. The first kappa shape index (κ1) is 142. The Bertz CT molecular complexity index is 3050. The SMILES string of the molecule is CC.CC.CC.CC.CC.CC.CC.CC.CC.CC.CC.CC.CC(C)c1ccccc1.CC(C)c1ccncc1.CC(C)c1ccncn1.CC(C)c1ccnnc1.CC(C)c1ccon1.CC(C)c1cnccn1.CC(C)c1cncnc1.CC(C)c1cnoc1.CC(C)c1cnon1.CC(C)c1conn1.CC(C)c1ncncn1.CC(C)c1ncon1. The molecule has 25 heteroatoms. The molecule has 12 rings (SSSR count). The van der Waals surface area contributed by atoms with Gasteiger partial charge in [-0.2, -0.15) is 15.2 Å². The van der Waals surface area contributed by atoms with Gasteiger partial charge in [-0.1, -0.05) is 388 Å². The van der Waals surface area contributed by atoms with E-state index in [2.05, 4.69) is 273 Å². The van der Waals surface area contributed by atoms with Gasteiger partial charge in [0.25, 0.3) is 0 Å². The van der Waals surface area contributed by atoms with E-state index in [9.17, 15) is 0 Å². The van der Waals surface area contributed by atoms with Crippen LogP contribution >= 0.6 is 0 Å². The molecule has 11 aromatic heterocycles. The smallest absolute Gasteiger partial charge is 0.213 e. The zero-order valence-electron chi connectivity index (χ0n) is 89.2. The number of pyridine rings is 1. The van der Waals surface area contributed by atoms with Crippen LogP contribution in [0.3, 0.4) is 0 Å². The summed E-state index contributed by atoms with van der Waals surface area (Å²) in [6.45, 7) is 98.4. The Morgan fingerprint density at radius 2 is 0.685 bits per heavy atom. The first-order valence-electron chi connectivity index (χ1n) is 46.9. The number of nitrogens with zero attached hydrogens (tertiary/aromatic N) is 20. The van der Waals surface area contributed by atoms with Crippen molar-refractivity contribution in [3.05, 3.63) is 253 Å². The number of benzene rings is 1. The number of aromatic nitrogens is 20. The highest BCUT2D eigenvalue weighted by molar-refractivity contribution is 5.18. The molecule has 0 aliphatic rings. The molecule has 0 saturated heterocycles. The summed E-state index contributed by atoms with van der Waals surface area (Å²) in [5.74, 6) is 7.59. The topological polar surface area (TPSA) is 323 Å². The summed E-state index contributed by atoms with van der Waals surface area (Å²) in [5.41, 5.74) is 11.3. The van der Waals surface area contributed by atoms with Crippen LogP contribution in [0.15, 0.2) is 208 Å². The molecule has 0 atom stereocenters. The molecule has 1 aromatic carbocycles. The molecule has 0 saturated carbocycles. The zero-order valence-corrected chi connectivity index (χ0v) is 89.2. The van der Waals surface area contributed by atoms with Crippen molar-refractivity contribution in [1.29, 1.82) is 0 Å². The molecule has 0 aliphatic carbocycles. The first-order valence-corrected chi connectivity index (χ1v) is 46.9. The van der Waals surface area contributed by atoms with Gasteiger partial charge in [-0.3, -0.25) is 15.0 Å². The zero-order chi connectivity index (χ0) is 101. The lowest BCUT2D eigenvalue weighted by Gasteiger charge is -2.01. The maximum atomic E-state index is 4.63. The van der Waals surface area contributed by atoms with E-state index in [1.165, 1.54) is 41.3 Å². The van der Waals surface area contributed by atoms with Gasteiger partial charge in [0, 0.05) is 102 Å². The van der Waals surface area contributed by atoms with E-state index < -0.39 is 0 Å². The fraction of sp³-hybridized carbons (Fsp3) is 0.588. The molecule has 0 fully saturated rings. The van der Waals surface area contributed by atoms with Crippen LogP contribution in [-0.2, 0) is 0 Å². The van der Waals surface area contributed by atoms with Crippen LogP contribution < -0.4 is 0 Å². The lowest BCUT2D eigenvalue weighted by Crippen LogP contribution is -1.95. The van der Waals surface area contributed by atoms with Crippen molar-refractivity contribution in [1.82, 2.24) is 101 Å². The summed E-state index contributed by atoms with van der Waals surface area (Å²) < 4.78 is 22.7. The highest BCUT2D eigenvalue weighted by Crippen LogP contribution is 2.16. The van der Waals surface area contributed by atoms with Crippen LogP contribution in [0.5, 0.6) is 0 Å². The van der Waals surface area contributed by atoms with E-state index in [0.29, 0.717) is 71.0 Å². The minimum Gasteiger partial charge on any atom is -0.365 e. The first-order chi connectivity index (χ1) is 61.2. The van der Waals surface area contributed by atoms with Crippen LogP contribution in [0.25, 0.3) is 0 Å². The van der Waals surface area contributed by atoms with Crippen molar-refractivity contribution in [2.24, 2.45) is 0 Å². The standard InChI is InChI=1S/C9H12.C8H11N.4C7H10N2.C6H9N3.2C6H9NO.3C5H8N2O.12C2H6/c1-8(2)9-6-4-3-5-7-9;1-7(2)8-3-5-9-6-4-8;1-6(2)7-3-8-5-9-4-7;1-6(2)7-5-8-3-4-9-7;1-6(2)7-3-4-8-5-9-7;1-6(2)7-3-4-8-9-5-7;1-5(2)6-8-3-7-4-9-6;1-5(2)6-3-7-8-4-6;1-5(2)6-3-4-8-7-6;1-4(2)5-6-3-8-7-5;1-4(2)5-3-8-7-6-5;1-4(2)5-3-6-8-7-5;12*1-2/h3-8H,1-2H3;3-7H,1-2H3;4*3-6H,1-2H3;3-5H,1-2H3;2*3-5H,1-2H3;3*3-4H,1-2H3;12*1-2H3. The summed E-state index contributed by atoms with van der Waals surface area (Å²) in [6, 6.07) is 20.4. The van der Waals surface area contributed by atoms with Crippen molar-refractivity contribution in [2.75, 3.05) is 0 Å². The van der Waals surface area contributed by atoms with Gasteiger partial charge < -0.3 is 18.1 Å². The third-order valence-electron chi connectivity index (χ3n) is 13.8. The second-order valence-corrected chi connectivity index (χ2v) is 26.5. The number of rotatable bonds is 12. The summed E-state index contributed by atoms with van der Waals surface area (Å²) in [4.78, 5) is 43.1. The average Bonchev–Trinajstić information content (AvgIpc) is 1.36. The minimum atomic E-state index is 0.369. The van der Waals surface area contributed by atoms with Crippen LogP contribution in [0.4, 0.5) is 0 Å². The second-order valence-electron chi connectivity index (χ2n) is 26.5. The Kier molecular flexibility index (Phi) is 125. The molecule has 0 unspecified atom stereocenters. The lowest BCUT2D eigenvalue weighted by atomic mass is 10.0. The van der Waals surface area contributed by atoms with Gasteiger partial charge in [-0.25, -0.2) is 39.5 Å². The maximum absolute atomic E-state index is 4.63. The molecule has 0 bridgehead atoms. The molecule has 0 amide bonds. The molecular weight excluding hydrogens is 1590 g/mol. The Morgan fingerprint density at radius 1 is 0.228 bits per heavy atom. The van der Waals surface area contributed by atoms with Crippen LogP contribution in [0.1, 0.15) is 471 Å². The van der Waals surface area contributed by atoms with Crippen LogP contribution in [0.2, 0.25) is 0 Å². The normalized spacial score (nSPS) is 8.85. The van der Waals surface area contributed by atoms with E-state index in [4.69, 9.17) is 0 Å². The Morgan fingerprint density at radius 3 is 0.929 bits per heavy atom.